The highest BCUT2D eigenvalue weighted by Crippen LogP contribution is 2.29. The highest BCUT2D eigenvalue weighted by atomic mass is 15.2. The highest BCUT2D eigenvalue weighted by molar-refractivity contribution is 4.93. The van der Waals surface area contributed by atoms with E-state index >= 15 is 0 Å². The highest BCUT2D eigenvalue weighted by Gasteiger charge is 2.38. The largest absolute Gasteiger partial charge is 0.316 e. The van der Waals surface area contributed by atoms with Gasteiger partial charge in [-0.05, 0) is 37.8 Å². The van der Waals surface area contributed by atoms with Crippen molar-refractivity contribution in [2.45, 2.75) is 33.2 Å². The maximum atomic E-state index is 3.50. The molecule has 2 nitrogen and oxygen atoms in total. The molecule has 4 atom stereocenters. The average Bonchev–Trinajstić information content (AvgIpc) is 2.74. The molecule has 2 aliphatic heterocycles. The SMILES string of the molecule is CCC(C)C(C)N1C[C@H]2CNC[C@H]2C1. The Balaban J connectivity index is 1.89. The smallest absolute Gasteiger partial charge is 0.00927 e. The topological polar surface area (TPSA) is 15.3 Å². The van der Waals surface area contributed by atoms with Gasteiger partial charge in [-0.3, -0.25) is 4.90 Å². The van der Waals surface area contributed by atoms with Gasteiger partial charge in [-0.2, -0.15) is 0 Å². The summed E-state index contributed by atoms with van der Waals surface area (Å²) in [4.78, 5) is 2.71. The second-order valence-corrected chi connectivity index (χ2v) is 5.26. The van der Waals surface area contributed by atoms with E-state index in [0.29, 0.717) is 0 Å². The van der Waals surface area contributed by atoms with Crippen molar-refractivity contribution in [3.05, 3.63) is 0 Å². The summed E-state index contributed by atoms with van der Waals surface area (Å²) in [6.45, 7) is 12.3. The van der Waals surface area contributed by atoms with Gasteiger partial charge in [0, 0.05) is 19.1 Å². The molecule has 2 aliphatic rings. The Labute approximate surface area is 88.1 Å². The third kappa shape index (κ3) is 1.82. The Hall–Kier alpha value is -0.0800. The predicted octanol–water partition coefficient (Wildman–Crippen LogP) is 1.57. The molecule has 2 heterocycles. The third-order valence-corrected chi connectivity index (χ3v) is 4.46. The maximum absolute atomic E-state index is 3.50. The standard InChI is InChI=1S/C12H24N2/c1-4-9(2)10(3)14-7-11-5-13-6-12(11)8-14/h9-13H,4-8H2,1-3H3/t9?,10?,11-,12+. The van der Waals surface area contributed by atoms with E-state index in [1.807, 2.05) is 0 Å². The second kappa shape index (κ2) is 4.19. The van der Waals surface area contributed by atoms with Crippen molar-refractivity contribution in [2.24, 2.45) is 17.8 Å². The molecule has 0 amide bonds. The monoisotopic (exact) mass is 196 g/mol. The summed E-state index contributed by atoms with van der Waals surface area (Å²) in [5, 5.41) is 3.50. The number of nitrogens with one attached hydrogen (secondary N) is 1. The molecule has 0 aliphatic carbocycles. The first-order valence-corrected chi connectivity index (χ1v) is 6.17. The Kier molecular flexibility index (Phi) is 3.13. The average molecular weight is 196 g/mol. The molecule has 0 aromatic rings. The fraction of sp³-hybridized carbons (Fsp3) is 1.00. The minimum Gasteiger partial charge on any atom is -0.316 e. The third-order valence-electron chi connectivity index (χ3n) is 4.46. The quantitative estimate of drug-likeness (QED) is 0.737. The molecular formula is C12H24N2. The minimum atomic E-state index is 0.783. The molecule has 2 fully saturated rings. The first-order chi connectivity index (χ1) is 6.72. The van der Waals surface area contributed by atoms with Crippen molar-refractivity contribution >= 4 is 0 Å². The van der Waals surface area contributed by atoms with E-state index in [1.165, 1.54) is 32.6 Å². The summed E-state index contributed by atoms with van der Waals surface area (Å²) < 4.78 is 0. The van der Waals surface area contributed by atoms with Crippen molar-refractivity contribution in [1.29, 1.82) is 0 Å². The molecule has 2 rings (SSSR count). The molecule has 2 heteroatoms. The van der Waals surface area contributed by atoms with Crippen LogP contribution in [0.3, 0.4) is 0 Å². The van der Waals surface area contributed by atoms with Gasteiger partial charge >= 0.3 is 0 Å². The van der Waals surface area contributed by atoms with Crippen LogP contribution in [-0.4, -0.2) is 37.1 Å². The summed E-state index contributed by atoms with van der Waals surface area (Å²) >= 11 is 0. The summed E-state index contributed by atoms with van der Waals surface area (Å²) in [6.07, 6.45) is 1.31. The minimum absolute atomic E-state index is 0.783. The van der Waals surface area contributed by atoms with Crippen molar-refractivity contribution in [2.75, 3.05) is 26.2 Å². The van der Waals surface area contributed by atoms with Crippen LogP contribution in [-0.2, 0) is 0 Å². The lowest BCUT2D eigenvalue weighted by Gasteiger charge is -2.29. The Bertz CT molecular complexity index is 181. The zero-order valence-corrected chi connectivity index (χ0v) is 9.79. The molecule has 14 heavy (non-hydrogen) atoms. The Morgan fingerprint density at radius 3 is 2.29 bits per heavy atom. The molecule has 0 aromatic carbocycles. The van der Waals surface area contributed by atoms with Gasteiger partial charge in [0.15, 0.2) is 0 Å². The number of fused-ring (bicyclic) bond motifs is 1. The lowest BCUT2D eigenvalue weighted by Crippen LogP contribution is -2.37. The molecule has 82 valence electrons. The molecule has 0 bridgehead atoms. The zero-order chi connectivity index (χ0) is 10.1. The Morgan fingerprint density at radius 2 is 1.79 bits per heavy atom. The van der Waals surface area contributed by atoms with Crippen LogP contribution in [0.15, 0.2) is 0 Å². The number of rotatable bonds is 3. The van der Waals surface area contributed by atoms with Gasteiger partial charge in [-0.15, -0.1) is 0 Å². The van der Waals surface area contributed by atoms with Crippen LogP contribution in [0.1, 0.15) is 27.2 Å². The molecule has 2 saturated heterocycles. The van der Waals surface area contributed by atoms with Crippen LogP contribution in [0.5, 0.6) is 0 Å². The van der Waals surface area contributed by atoms with Crippen molar-refractivity contribution < 1.29 is 0 Å². The second-order valence-electron chi connectivity index (χ2n) is 5.26. The van der Waals surface area contributed by atoms with Crippen LogP contribution in [0.25, 0.3) is 0 Å². The van der Waals surface area contributed by atoms with Crippen LogP contribution in [0.2, 0.25) is 0 Å². The lowest BCUT2D eigenvalue weighted by atomic mass is 10.00. The summed E-state index contributed by atoms with van der Waals surface area (Å²) in [5.74, 6) is 2.74. The van der Waals surface area contributed by atoms with E-state index < -0.39 is 0 Å². The molecule has 2 unspecified atom stereocenters. The van der Waals surface area contributed by atoms with Crippen molar-refractivity contribution in [1.82, 2.24) is 10.2 Å². The van der Waals surface area contributed by atoms with Gasteiger partial charge in [-0.25, -0.2) is 0 Å². The summed E-state index contributed by atoms with van der Waals surface area (Å²) in [6, 6.07) is 0.783. The predicted molar refractivity (Wildman–Crippen MR) is 60.3 cm³/mol. The van der Waals surface area contributed by atoms with Crippen LogP contribution in [0, 0.1) is 17.8 Å². The zero-order valence-electron chi connectivity index (χ0n) is 9.79. The summed E-state index contributed by atoms with van der Waals surface area (Å²) in [5.41, 5.74) is 0. The first-order valence-electron chi connectivity index (χ1n) is 6.17. The van der Waals surface area contributed by atoms with Gasteiger partial charge in [0.1, 0.15) is 0 Å². The molecule has 0 aromatic heterocycles. The number of nitrogens with zero attached hydrogens (tertiary/aromatic N) is 1. The lowest BCUT2D eigenvalue weighted by molar-refractivity contribution is 0.183. The maximum Gasteiger partial charge on any atom is 0.00927 e. The number of likely N-dealkylation sites (tertiary alicyclic amines) is 1. The number of hydrogen-bond acceptors (Lipinski definition) is 2. The fourth-order valence-corrected chi connectivity index (χ4v) is 2.93. The summed E-state index contributed by atoms with van der Waals surface area (Å²) in [7, 11) is 0. The van der Waals surface area contributed by atoms with E-state index in [1.54, 1.807) is 0 Å². The van der Waals surface area contributed by atoms with Gasteiger partial charge in [0.05, 0.1) is 0 Å². The van der Waals surface area contributed by atoms with Crippen molar-refractivity contribution in [3.8, 4) is 0 Å². The van der Waals surface area contributed by atoms with Gasteiger partial charge in [-0.1, -0.05) is 20.3 Å². The Morgan fingerprint density at radius 1 is 1.21 bits per heavy atom. The fourth-order valence-electron chi connectivity index (χ4n) is 2.93. The van der Waals surface area contributed by atoms with E-state index in [4.69, 9.17) is 0 Å². The number of hydrogen-bond donors (Lipinski definition) is 1. The van der Waals surface area contributed by atoms with Crippen LogP contribution in [0.4, 0.5) is 0 Å². The van der Waals surface area contributed by atoms with Crippen LogP contribution < -0.4 is 5.32 Å². The molecule has 0 radical (unpaired) electrons. The molecule has 0 spiro atoms. The van der Waals surface area contributed by atoms with E-state index in [2.05, 4.69) is 31.0 Å². The molecule has 1 N–H and O–H groups in total. The van der Waals surface area contributed by atoms with Gasteiger partial charge in [0.25, 0.3) is 0 Å². The van der Waals surface area contributed by atoms with E-state index in [-0.39, 0.29) is 0 Å². The van der Waals surface area contributed by atoms with E-state index in [0.717, 1.165) is 23.8 Å². The normalized spacial score (nSPS) is 37.1. The van der Waals surface area contributed by atoms with Crippen LogP contribution >= 0.6 is 0 Å². The first kappa shape index (κ1) is 10.4. The molecule has 0 saturated carbocycles. The van der Waals surface area contributed by atoms with Gasteiger partial charge < -0.3 is 5.32 Å². The van der Waals surface area contributed by atoms with Crippen molar-refractivity contribution in [3.63, 3.8) is 0 Å². The van der Waals surface area contributed by atoms with Gasteiger partial charge in [0.2, 0.25) is 0 Å². The van der Waals surface area contributed by atoms with E-state index in [9.17, 15) is 0 Å². The molecular weight excluding hydrogens is 172 g/mol.